The van der Waals surface area contributed by atoms with E-state index >= 15 is 0 Å². The lowest BCUT2D eigenvalue weighted by molar-refractivity contribution is -0.120. The quantitative estimate of drug-likeness (QED) is 0.705. The molecule has 1 aromatic rings. The maximum atomic E-state index is 11.6. The molecule has 0 spiro atoms. The van der Waals surface area contributed by atoms with Crippen molar-refractivity contribution in [2.75, 3.05) is 35.2 Å². The number of pyridine rings is 1. The third-order valence-corrected chi connectivity index (χ3v) is 4.25. The number of carbonyl (C=O) groups is 1. The highest BCUT2D eigenvalue weighted by Gasteiger charge is 2.38. The van der Waals surface area contributed by atoms with E-state index in [2.05, 4.69) is 9.88 Å². The Morgan fingerprint density at radius 3 is 2.67 bits per heavy atom. The molecule has 21 heavy (non-hydrogen) atoms. The molecular formula is C14H21N5O2. The number of rotatable bonds is 3. The first-order chi connectivity index (χ1) is 10.1. The number of hydrogen-bond donors (Lipinski definition) is 3. The fourth-order valence-electron chi connectivity index (χ4n) is 3.17. The topological polar surface area (TPSA) is 109 Å². The first-order valence-corrected chi connectivity index (χ1v) is 7.33. The third kappa shape index (κ3) is 2.49. The Balaban J connectivity index is 1.92. The number of aliphatic hydroxyl groups is 1. The molecule has 2 saturated heterocycles. The second-order valence-electron chi connectivity index (χ2n) is 5.67. The molecule has 2 atom stereocenters. The number of nitrogen functional groups attached to an aromatic ring is 1. The van der Waals surface area contributed by atoms with E-state index in [1.807, 2.05) is 0 Å². The molecule has 2 aliphatic heterocycles. The zero-order valence-electron chi connectivity index (χ0n) is 11.9. The Morgan fingerprint density at radius 1 is 1.29 bits per heavy atom. The van der Waals surface area contributed by atoms with Gasteiger partial charge in [0.2, 0.25) is 5.91 Å². The van der Waals surface area contributed by atoms with Gasteiger partial charge < -0.3 is 26.4 Å². The number of nitrogens with two attached hydrogens (primary N) is 2. The highest BCUT2D eigenvalue weighted by molar-refractivity contribution is 5.85. The van der Waals surface area contributed by atoms with Gasteiger partial charge in [-0.2, -0.15) is 0 Å². The second kappa shape index (κ2) is 5.40. The molecule has 2 fully saturated rings. The molecule has 7 nitrogen and oxygen atoms in total. The fraction of sp³-hybridized carbons (Fsp3) is 0.571. The standard InChI is InChI=1S/C14H21N5O2/c15-9-3-4-11(17-14(9)18-6-1-2-7-18)19-8-5-10(20)12(19)13(16)21/h3-4,10,12,20H,1-2,5-8,15H2,(H2,16,21). The maximum absolute atomic E-state index is 11.6. The van der Waals surface area contributed by atoms with Gasteiger partial charge in [0.15, 0.2) is 5.82 Å². The summed E-state index contributed by atoms with van der Waals surface area (Å²) < 4.78 is 0. The number of primary amides is 1. The number of anilines is 3. The average Bonchev–Trinajstić information content (AvgIpc) is 3.08. The summed E-state index contributed by atoms with van der Waals surface area (Å²) in [6, 6.07) is 2.87. The van der Waals surface area contributed by atoms with E-state index in [1.165, 1.54) is 0 Å². The van der Waals surface area contributed by atoms with E-state index in [9.17, 15) is 9.90 Å². The van der Waals surface area contributed by atoms with Crippen molar-refractivity contribution in [2.24, 2.45) is 5.73 Å². The van der Waals surface area contributed by atoms with Gasteiger partial charge in [-0.25, -0.2) is 4.98 Å². The summed E-state index contributed by atoms with van der Waals surface area (Å²) in [4.78, 5) is 20.1. The van der Waals surface area contributed by atoms with Gasteiger partial charge in [0.05, 0.1) is 11.8 Å². The van der Waals surface area contributed by atoms with Crippen LogP contribution in [0.4, 0.5) is 17.3 Å². The SMILES string of the molecule is NC(=O)C1C(O)CCN1c1ccc(N)c(N2CCCC2)n1. The molecule has 1 amide bonds. The highest BCUT2D eigenvalue weighted by Crippen LogP contribution is 2.30. The number of hydrogen-bond acceptors (Lipinski definition) is 6. The Bertz CT molecular complexity index is 544. The van der Waals surface area contributed by atoms with Gasteiger partial charge >= 0.3 is 0 Å². The first-order valence-electron chi connectivity index (χ1n) is 7.33. The van der Waals surface area contributed by atoms with Crippen LogP contribution in [0, 0.1) is 0 Å². The first kappa shape index (κ1) is 13.9. The van der Waals surface area contributed by atoms with Crippen molar-refractivity contribution in [3.8, 4) is 0 Å². The van der Waals surface area contributed by atoms with Crippen LogP contribution in [0.1, 0.15) is 19.3 Å². The van der Waals surface area contributed by atoms with E-state index < -0.39 is 18.1 Å². The number of aliphatic hydroxyl groups excluding tert-OH is 1. The smallest absolute Gasteiger partial charge is 0.242 e. The fourth-order valence-corrected chi connectivity index (χ4v) is 3.17. The van der Waals surface area contributed by atoms with Crippen molar-refractivity contribution in [1.29, 1.82) is 0 Å². The van der Waals surface area contributed by atoms with Gasteiger partial charge in [0.25, 0.3) is 0 Å². The molecule has 7 heteroatoms. The van der Waals surface area contributed by atoms with Crippen LogP contribution >= 0.6 is 0 Å². The highest BCUT2D eigenvalue weighted by atomic mass is 16.3. The van der Waals surface area contributed by atoms with Crippen molar-refractivity contribution in [3.63, 3.8) is 0 Å². The molecule has 0 saturated carbocycles. The van der Waals surface area contributed by atoms with Crippen molar-refractivity contribution in [3.05, 3.63) is 12.1 Å². The van der Waals surface area contributed by atoms with Gasteiger partial charge in [-0.15, -0.1) is 0 Å². The normalized spacial score (nSPS) is 25.6. The monoisotopic (exact) mass is 291 g/mol. The van der Waals surface area contributed by atoms with Gasteiger partial charge in [0, 0.05) is 19.6 Å². The predicted octanol–water partition coefficient (Wildman–Crippen LogP) is -0.311. The van der Waals surface area contributed by atoms with Crippen LogP contribution in [0.2, 0.25) is 0 Å². The van der Waals surface area contributed by atoms with Crippen LogP contribution in [-0.4, -0.2) is 47.8 Å². The van der Waals surface area contributed by atoms with E-state index in [4.69, 9.17) is 11.5 Å². The summed E-state index contributed by atoms with van der Waals surface area (Å²) in [5.41, 5.74) is 12.1. The second-order valence-corrected chi connectivity index (χ2v) is 5.67. The van der Waals surface area contributed by atoms with Crippen molar-refractivity contribution >= 4 is 23.2 Å². The minimum Gasteiger partial charge on any atom is -0.396 e. The maximum Gasteiger partial charge on any atom is 0.242 e. The Hall–Kier alpha value is -2.02. The summed E-state index contributed by atoms with van der Waals surface area (Å²) in [5, 5.41) is 9.92. The van der Waals surface area contributed by atoms with Gasteiger partial charge in [0.1, 0.15) is 11.9 Å². The molecule has 3 rings (SSSR count). The lowest BCUT2D eigenvalue weighted by Crippen LogP contribution is -2.46. The summed E-state index contributed by atoms with van der Waals surface area (Å²) in [5.74, 6) is 0.877. The zero-order chi connectivity index (χ0) is 15.0. The molecule has 2 aliphatic rings. The van der Waals surface area contributed by atoms with Crippen LogP contribution in [0.3, 0.4) is 0 Å². The van der Waals surface area contributed by atoms with Crippen LogP contribution in [0.15, 0.2) is 12.1 Å². The molecule has 2 unspecified atom stereocenters. The van der Waals surface area contributed by atoms with Crippen LogP contribution in [-0.2, 0) is 4.79 Å². The molecular weight excluding hydrogens is 270 g/mol. The van der Waals surface area contributed by atoms with Crippen LogP contribution < -0.4 is 21.3 Å². The molecule has 5 N–H and O–H groups in total. The molecule has 0 bridgehead atoms. The zero-order valence-corrected chi connectivity index (χ0v) is 11.9. The summed E-state index contributed by atoms with van der Waals surface area (Å²) in [7, 11) is 0. The average molecular weight is 291 g/mol. The molecule has 0 aromatic carbocycles. The van der Waals surface area contributed by atoms with E-state index in [0.29, 0.717) is 24.5 Å². The van der Waals surface area contributed by atoms with Crippen molar-refractivity contribution in [1.82, 2.24) is 4.98 Å². The minimum atomic E-state index is -0.739. The molecule has 0 radical (unpaired) electrons. The number of aromatic nitrogens is 1. The molecule has 114 valence electrons. The van der Waals surface area contributed by atoms with Gasteiger partial charge in [-0.1, -0.05) is 0 Å². The molecule has 1 aromatic heterocycles. The molecule has 3 heterocycles. The van der Waals surface area contributed by atoms with E-state index in [1.54, 1.807) is 17.0 Å². The summed E-state index contributed by atoms with van der Waals surface area (Å²) in [6.45, 7) is 2.45. The number of carbonyl (C=O) groups excluding carboxylic acids is 1. The minimum absolute atomic E-state index is 0.513. The third-order valence-electron chi connectivity index (χ3n) is 4.25. The summed E-state index contributed by atoms with van der Waals surface area (Å²) in [6.07, 6.45) is 2.05. The lowest BCUT2D eigenvalue weighted by atomic mass is 10.1. The largest absolute Gasteiger partial charge is 0.396 e. The van der Waals surface area contributed by atoms with E-state index in [-0.39, 0.29) is 0 Å². The van der Waals surface area contributed by atoms with E-state index in [0.717, 1.165) is 31.7 Å². The van der Waals surface area contributed by atoms with Crippen LogP contribution in [0.25, 0.3) is 0 Å². The predicted molar refractivity (Wildman–Crippen MR) is 81.0 cm³/mol. The van der Waals surface area contributed by atoms with Gasteiger partial charge in [-0.05, 0) is 31.4 Å². The Labute approximate surface area is 123 Å². The lowest BCUT2D eigenvalue weighted by Gasteiger charge is -2.26. The Kier molecular flexibility index (Phi) is 3.59. The molecule has 0 aliphatic carbocycles. The van der Waals surface area contributed by atoms with Crippen molar-refractivity contribution in [2.45, 2.75) is 31.4 Å². The number of nitrogens with zero attached hydrogens (tertiary/aromatic N) is 3. The Morgan fingerprint density at radius 2 is 2.00 bits per heavy atom. The van der Waals surface area contributed by atoms with Gasteiger partial charge in [-0.3, -0.25) is 4.79 Å². The van der Waals surface area contributed by atoms with Crippen LogP contribution in [0.5, 0.6) is 0 Å². The number of amides is 1. The van der Waals surface area contributed by atoms with Crippen molar-refractivity contribution < 1.29 is 9.90 Å². The summed E-state index contributed by atoms with van der Waals surface area (Å²) >= 11 is 0.